The second-order valence-electron chi connectivity index (χ2n) is 2.78. The van der Waals surface area contributed by atoms with Gasteiger partial charge in [0.1, 0.15) is 0 Å². The highest BCUT2D eigenvalue weighted by Gasteiger charge is 2.03. The zero-order valence-electron chi connectivity index (χ0n) is 7.57. The number of halogens is 1. The van der Waals surface area contributed by atoms with Crippen molar-refractivity contribution in [3.05, 3.63) is 34.7 Å². The van der Waals surface area contributed by atoms with Crippen molar-refractivity contribution in [1.82, 2.24) is 4.98 Å². The lowest BCUT2D eigenvalue weighted by Gasteiger charge is -1.95. The molecule has 0 fully saturated rings. The highest BCUT2D eigenvalue weighted by molar-refractivity contribution is 7.14. The van der Waals surface area contributed by atoms with Crippen LogP contribution in [0, 0.1) is 11.5 Å². The third kappa shape index (κ3) is 2.27. The van der Waals surface area contributed by atoms with Crippen LogP contribution in [0.15, 0.2) is 29.6 Å². The molecule has 0 spiro atoms. The van der Waals surface area contributed by atoms with Gasteiger partial charge in [0.15, 0.2) is 11.3 Å². The number of thiazole rings is 1. The molecule has 5 heteroatoms. The summed E-state index contributed by atoms with van der Waals surface area (Å²) in [6, 6.07) is 7.42. The first-order valence-electron chi connectivity index (χ1n) is 4.16. The topological polar surface area (TPSA) is 48.7 Å². The summed E-state index contributed by atoms with van der Waals surface area (Å²) in [6.45, 7) is 0. The zero-order chi connectivity index (χ0) is 10.7. The molecule has 1 aromatic heterocycles. The smallest absolute Gasteiger partial charge is 0.196 e. The molecule has 0 aliphatic rings. The Balaban J connectivity index is 2.30. The van der Waals surface area contributed by atoms with E-state index in [0.29, 0.717) is 10.2 Å². The van der Waals surface area contributed by atoms with Crippen LogP contribution in [-0.4, -0.2) is 4.98 Å². The third-order valence-electron chi connectivity index (χ3n) is 1.81. The maximum absolute atomic E-state index is 8.42. The van der Waals surface area contributed by atoms with Crippen LogP contribution in [0.3, 0.4) is 0 Å². The molecular weight excluding hydrogens is 230 g/mol. The Labute approximate surface area is 96.0 Å². The standard InChI is InChI=1S/C10H6ClN3S/c11-8-3-1-7(2-4-8)9-5-15-10(14-9)13-6-12/h1-5H,(H,13,14). The van der Waals surface area contributed by atoms with Gasteiger partial charge in [-0.25, -0.2) is 4.98 Å². The van der Waals surface area contributed by atoms with Gasteiger partial charge < -0.3 is 0 Å². The van der Waals surface area contributed by atoms with E-state index in [0.717, 1.165) is 11.3 Å². The van der Waals surface area contributed by atoms with Crippen molar-refractivity contribution >= 4 is 28.1 Å². The van der Waals surface area contributed by atoms with E-state index in [1.54, 1.807) is 0 Å². The van der Waals surface area contributed by atoms with E-state index in [-0.39, 0.29) is 0 Å². The number of nitriles is 1. The Morgan fingerprint density at radius 3 is 2.73 bits per heavy atom. The van der Waals surface area contributed by atoms with Crippen LogP contribution in [0.5, 0.6) is 0 Å². The molecule has 0 saturated heterocycles. The number of rotatable bonds is 2. The predicted octanol–water partition coefficient (Wildman–Crippen LogP) is 3.36. The van der Waals surface area contributed by atoms with Crippen LogP contribution in [0.4, 0.5) is 5.13 Å². The van der Waals surface area contributed by atoms with E-state index >= 15 is 0 Å². The number of hydrogen-bond acceptors (Lipinski definition) is 4. The molecule has 0 radical (unpaired) electrons. The highest BCUT2D eigenvalue weighted by Crippen LogP contribution is 2.25. The number of nitrogens with zero attached hydrogens (tertiary/aromatic N) is 2. The summed E-state index contributed by atoms with van der Waals surface area (Å²) in [7, 11) is 0. The van der Waals surface area contributed by atoms with Crippen molar-refractivity contribution in [3.63, 3.8) is 0 Å². The van der Waals surface area contributed by atoms with E-state index in [4.69, 9.17) is 16.9 Å². The molecule has 0 bridgehead atoms. The SMILES string of the molecule is N#CNc1nc(-c2ccc(Cl)cc2)cs1. The molecule has 0 atom stereocenters. The second-order valence-corrected chi connectivity index (χ2v) is 4.08. The first-order chi connectivity index (χ1) is 7.29. The van der Waals surface area contributed by atoms with E-state index in [2.05, 4.69) is 10.3 Å². The van der Waals surface area contributed by atoms with E-state index in [9.17, 15) is 0 Å². The van der Waals surface area contributed by atoms with Gasteiger partial charge in [-0.3, -0.25) is 5.32 Å². The van der Waals surface area contributed by atoms with Gasteiger partial charge in [0.2, 0.25) is 0 Å². The zero-order valence-corrected chi connectivity index (χ0v) is 9.14. The van der Waals surface area contributed by atoms with E-state index < -0.39 is 0 Å². The highest BCUT2D eigenvalue weighted by atomic mass is 35.5. The van der Waals surface area contributed by atoms with E-state index in [1.807, 2.05) is 35.8 Å². The molecule has 3 nitrogen and oxygen atoms in total. The molecule has 0 amide bonds. The normalized spacial score (nSPS) is 9.60. The molecule has 1 N–H and O–H groups in total. The molecule has 1 aromatic carbocycles. The molecule has 74 valence electrons. The minimum Gasteiger partial charge on any atom is -0.268 e. The van der Waals surface area contributed by atoms with Crippen molar-refractivity contribution in [2.24, 2.45) is 0 Å². The molecule has 1 heterocycles. The van der Waals surface area contributed by atoms with Crippen molar-refractivity contribution in [2.75, 3.05) is 5.32 Å². The number of aromatic nitrogens is 1. The van der Waals surface area contributed by atoms with Crippen LogP contribution >= 0.6 is 22.9 Å². The minimum absolute atomic E-state index is 0.599. The van der Waals surface area contributed by atoms with Crippen molar-refractivity contribution in [1.29, 1.82) is 5.26 Å². The van der Waals surface area contributed by atoms with Gasteiger partial charge in [0.25, 0.3) is 0 Å². The number of anilines is 1. The Morgan fingerprint density at radius 1 is 1.33 bits per heavy atom. The molecular formula is C10H6ClN3S. The summed E-state index contributed by atoms with van der Waals surface area (Å²) in [5, 5.41) is 14.1. The first-order valence-corrected chi connectivity index (χ1v) is 5.42. The van der Waals surface area contributed by atoms with Gasteiger partial charge in [-0.2, -0.15) is 5.26 Å². The molecule has 0 aliphatic carbocycles. The van der Waals surface area contributed by atoms with Gasteiger partial charge in [-0.15, -0.1) is 11.3 Å². The minimum atomic E-state index is 0.599. The van der Waals surface area contributed by atoms with Crippen LogP contribution < -0.4 is 5.32 Å². The van der Waals surface area contributed by atoms with Crippen LogP contribution in [-0.2, 0) is 0 Å². The molecule has 0 aliphatic heterocycles. The van der Waals surface area contributed by atoms with Crippen molar-refractivity contribution < 1.29 is 0 Å². The Hall–Kier alpha value is -1.57. The maximum atomic E-state index is 8.42. The summed E-state index contributed by atoms with van der Waals surface area (Å²) in [6.07, 6.45) is 1.83. The van der Waals surface area contributed by atoms with Crippen molar-refractivity contribution in [2.45, 2.75) is 0 Å². The van der Waals surface area contributed by atoms with Gasteiger partial charge in [-0.1, -0.05) is 23.7 Å². The monoisotopic (exact) mass is 235 g/mol. The Morgan fingerprint density at radius 2 is 2.07 bits per heavy atom. The van der Waals surface area contributed by atoms with Crippen LogP contribution in [0.2, 0.25) is 5.02 Å². The molecule has 15 heavy (non-hydrogen) atoms. The largest absolute Gasteiger partial charge is 0.268 e. The fourth-order valence-electron chi connectivity index (χ4n) is 1.13. The van der Waals surface area contributed by atoms with Crippen LogP contribution in [0.25, 0.3) is 11.3 Å². The Bertz CT molecular complexity index is 498. The van der Waals surface area contributed by atoms with Gasteiger partial charge in [0.05, 0.1) is 5.69 Å². The summed E-state index contributed by atoms with van der Waals surface area (Å²) in [5.74, 6) is 0. The lowest BCUT2D eigenvalue weighted by molar-refractivity contribution is 1.37. The van der Waals surface area contributed by atoms with Gasteiger partial charge in [-0.05, 0) is 12.1 Å². The molecule has 0 saturated carbocycles. The number of nitrogens with one attached hydrogen (secondary N) is 1. The van der Waals surface area contributed by atoms with Gasteiger partial charge >= 0.3 is 0 Å². The summed E-state index contributed by atoms with van der Waals surface area (Å²) >= 11 is 7.18. The lowest BCUT2D eigenvalue weighted by Crippen LogP contribution is -1.85. The first kappa shape index (κ1) is 9.97. The lowest BCUT2D eigenvalue weighted by atomic mass is 10.2. The van der Waals surface area contributed by atoms with Crippen LogP contribution in [0.1, 0.15) is 0 Å². The summed E-state index contributed by atoms with van der Waals surface area (Å²) in [4.78, 5) is 4.24. The average molecular weight is 236 g/mol. The second kappa shape index (κ2) is 4.30. The molecule has 2 rings (SSSR count). The quantitative estimate of drug-likeness (QED) is 0.642. The van der Waals surface area contributed by atoms with Crippen molar-refractivity contribution in [3.8, 4) is 17.5 Å². The molecule has 0 unspecified atom stereocenters. The fraction of sp³-hybridized carbons (Fsp3) is 0. The number of hydrogen-bond donors (Lipinski definition) is 1. The average Bonchev–Trinajstić information content (AvgIpc) is 2.68. The third-order valence-corrected chi connectivity index (χ3v) is 2.82. The molecule has 2 aromatic rings. The maximum Gasteiger partial charge on any atom is 0.196 e. The summed E-state index contributed by atoms with van der Waals surface area (Å²) < 4.78 is 0. The van der Waals surface area contributed by atoms with Gasteiger partial charge in [0, 0.05) is 16.0 Å². The van der Waals surface area contributed by atoms with E-state index in [1.165, 1.54) is 11.3 Å². The number of benzene rings is 1. The fourth-order valence-corrected chi connectivity index (χ4v) is 1.93. The Kier molecular flexibility index (Phi) is 2.86. The summed E-state index contributed by atoms with van der Waals surface area (Å²) in [5.41, 5.74) is 1.83. The predicted molar refractivity (Wildman–Crippen MR) is 61.8 cm³/mol.